The molecule has 0 unspecified atom stereocenters. The van der Waals surface area contributed by atoms with Gasteiger partial charge in [0.1, 0.15) is 0 Å². The average Bonchev–Trinajstić information content (AvgIpc) is 3.06. The number of hydrogen-bond donors (Lipinski definition) is 2. The van der Waals surface area contributed by atoms with E-state index in [-0.39, 0.29) is 17.9 Å². The molecule has 0 spiro atoms. The minimum atomic E-state index is -0.573. The molecule has 1 aromatic heterocycles. The number of nitrogens with zero attached hydrogens (tertiary/aromatic N) is 3. The van der Waals surface area contributed by atoms with Gasteiger partial charge in [0, 0.05) is 16.6 Å². The first kappa shape index (κ1) is 24.2. The van der Waals surface area contributed by atoms with Crippen molar-refractivity contribution in [1.29, 1.82) is 0 Å². The van der Waals surface area contributed by atoms with Crippen LogP contribution in [0.4, 0.5) is 0 Å². The SMILES string of the molecule is C=CC[C@@H](C(N)=O)[C@@H](CC(C)C)C(=O)N[C@H]1CCCCn2c(-c3cccc(Br)c3)nnc21. The molecule has 172 valence electrons. The summed E-state index contributed by atoms with van der Waals surface area (Å²) in [4.78, 5) is 25.5. The molecule has 32 heavy (non-hydrogen) atoms. The van der Waals surface area contributed by atoms with Gasteiger partial charge in [0.15, 0.2) is 11.6 Å². The molecule has 0 radical (unpaired) electrons. The van der Waals surface area contributed by atoms with Gasteiger partial charge in [-0.25, -0.2) is 0 Å². The molecular weight excluding hydrogens is 470 g/mol. The first-order valence-electron chi connectivity index (χ1n) is 11.2. The Morgan fingerprint density at radius 1 is 1.31 bits per heavy atom. The van der Waals surface area contributed by atoms with Crippen molar-refractivity contribution in [3.63, 3.8) is 0 Å². The Bertz CT molecular complexity index is 971. The molecule has 2 aromatic rings. The third kappa shape index (κ3) is 5.65. The fourth-order valence-corrected chi connectivity index (χ4v) is 4.82. The van der Waals surface area contributed by atoms with E-state index < -0.39 is 17.7 Å². The molecule has 0 saturated heterocycles. The highest BCUT2D eigenvalue weighted by Gasteiger charge is 2.34. The first-order chi connectivity index (χ1) is 15.3. The number of hydrogen-bond acceptors (Lipinski definition) is 4. The number of nitrogens with two attached hydrogens (primary N) is 1. The van der Waals surface area contributed by atoms with E-state index in [0.29, 0.717) is 12.8 Å². The Morgan fingerprint density at radius 3 is 2.75 bits per heavy atom. The molecule has 0 aliphatic carbocycles. The lowest BCUT2D eigenvalue weighted by Gasteiger charge is -2.27. The Morgan fingerprint density at radius 2 is 2.09 bits per heavy atom. The number of fused-ring (bicyclic) bond motifs is 1. The highest BCUT2D eigenvalue weighted by molar-refractivity contribution is 9.10. The zero-order valence-electron chi connectivity index (χ0n) is 18.8. The van der Waals surface area contributed by atoms with E-state index in [4.69, 9.17) is 5.73 Å². The largest absolute Gasteiger partial charge is 0.369 e. The van der Waals surface area contributed by atoms with Crippen molar-refractivity contribution >= 4 is 27.7 Å². The van der Waals surface area contributed by atoms with E-state index in [1.165, 1.54) is 0 Å². The molecule has 2 amide bonds. The molecule has 3 rings (SSSR count). The van der Waals surface area contributed by atoms with E-state index in [0.717, 1.165) is 47.5 Å². The van der Waals surface area contributed by atoms with Crippen LogP contribution >= 0.6 is 15.9 Å². The van der Waals surface area contributed by atoms with Crippen LogP contribution in [0.2, 0.25) is 0 Å². The molecule has 0 saturated carbocycles. The number of carbonyl (C=O) groups is 2. The van der Waals surface area contributed by atoms with Crippen molar-refractivity contribution in [1.82, 2.24) is 20.1 Å². The Hall–Kier alpha value is -2.48. The predicted octanol–water partition coefficient (Wildman–Crippen LogP) is 4.39. The third-order valence-electron chi connectivity index (χ3n) is 5.95. The highest BCUT2D eigenvalue weighted by atomic mass is 79.9. The van der Waals surface area contributed by atoms with Crippen molar-refractivity contribution in [2.45, 2.75) is 58.5 Å². The summed E-state index contributed by atoms with van der Waals surface area (Å²) in [6.45, 7) is 8.61. The van der Waals surface area contributed by atoms with Crippen LogP contribution in [0, 0.1) is 17.8 Å². The molecule has 0 bridgehead atoms. The molecule has 1 aliphatic heterocycles. The summed E-state index contributed by atoms with van der Waals surface area (Å²) in [5, 5.41) is 12.1. The molecule has 0 fully saturated rings. The zero-order valence-corrected chi connectivity index (χ0v) is 20.3. The first-order valence-corrected chi connectivity index (χ1v) is 12.0. The second kappa shape index (κ2) is 10.9. The minimum Gasteiger partial charge on any atom is -0.369 e. The number of nitrogens with one attached hydrogen (secondary N) is 1. The van der Waals surface area contributed by atoms with Crippen LogP contribution in [0.5, 0.6) is 0 Å². The summed E-state index contributed by atoms with van der Waals surface area (Å²) in [5.74, 6) is 0.0987. The second-order valence-corrected chi connectivity index (χ2v) is 9.79. The van der Waals surface area contributed by atoms with Crippen LogP contribution in [0.3, 0.4) is 0 Å². The standard InChI is InChI=1S/C24H32BrN5O2/c1-4-8-18(21(26)31)19(13-15(2)3)24(32)27-20-11-5-6-12-30-22(28-29-23(20)30)16-9-7-10-17(25)14-16/h4,7,9-10,14-15,18-20H,1,5-6,8,11-13H2,2-3H3,(H2,26,31)(H,27,32)/t18-,19-,20+/m1/s1. The van der Waals surface area contributed by atoms with E-state index in [9.17, 15) is 9.59 Å². The Kier molecular flexibility index (Phi) is 8.23. The summed E-state index contributed by atoms with van der Waals surface area (Å²) in [6, 6.07) is 7.70. The van der Waals surface area contributed by atoms with Gasteiger partial charge < -0.3 is 15.6 Å². The minimum absolute atomic E-state index is 0.158. The number of benzene rings is 1. The number of primary amides is 1. The second-order valence-electron chi connectivity index (χ2n) is 8.87. The van der Waals surface area contributed by atoms with Gasteiger partial charge in [-0.2, -0.15) is 0 Å². The van der Waals surface area contributed by atoms with Crippen molar-refractivity contribution in [2.24, 2.45) is 23.5 Å². The summed E-state index contributed by atoms with van der Waals surface area (Å²) in [7, 11) is 0. The smallest absolute Gasteiger partial charge is 0.224 e. The van der Waals surface area contributed by atoms with Crippen LogP contribution < -0.4 is 11.1 Å². The third-order valence-corrected chi connectivity index (χ3v) is 6.44. The van der Waals surface area contributed by atoms with Gasteiger partial charge in [0.05, 0.1) is 17.9 Å². The van der Waals surface area contributed by atoms with Gasteiger partial charge in [-0.3, -0.25) is 9.59 Å². The molecule has 3 N–H and O–H groups in total. The summed E-state index contributed by atoms with van der Waals surface area (Å²) >= 11 is 3.52. The maximum absolute atomic E-state index is 13.4. The van der Waals surface area contributed by atoms with Crippen molar-refractivity contribution < 1.29 is 9.59 Å². The van der Waals surface area contributed by atoms with Gasteiger partial charge >= 0.3 is 0 Å². The van der Waals surface area contributed by atoms with Gasteiger partial charge in [0.2, 0.25) is 11.8 Å². The maximum Gasteiger partial charge on any atom is 0.224 e. The van der Waals surface area contributed by atoms with E-state index in [2.05, 4.69) is 42.6 Å². The molecule has 1 aromatic carbocycles. The van der Waals surface area contributed by atoms with E-state index in [1.807, 2.05) is 38.1 Å². The fourth-order valence-electron chi connectivity index (χ4n) is 4.42. The Balaban J connectivity index is 1.89. The summed E-state index contributed by atoms with van der Waals surface area (Å²) < 4.78 is 3.08. The predicted molar refractivity (Wildman–Crippen MR) is 128 cm³/mol. The van der Waals surface area contributed by atoms with Gasteiger partial charge in [0.25, 0.3) is 0 Å². The summed E-state index contributed by atoms with van der Waals surface area (Å²) in [5.41, 5.74) is 6.63. The lowest BCUT2D eigenvalue weighted by molar-refractivity contribution is -0.134. The summed E-state index contributed by atoms with van der Waals surface area (Å²) in [6.07, 6.45) is 5.34. The number of rotatable bonds is 9. The van der Waals surface area contributed by atoms with Crippen molar-refractivity contribution in [3.05, 3.63) is 47.2 Å². The van der Waals surface area contributed by atoms with Crippen LogP contribution in [-0.4, -0.2) is 26.6 Å². The lowest BCUT2D eigenvalue weighted by atomic mass is 9.82. The molecule has 3 atom stereocenters. The number of aromatic nitrogens is 3. The monoisotopic (exact) mass is 501 g/mol. The molecule has 1 aliphatic rings. The van der Waals surface area contributed by atoms with Crippen LogP contribution in [0.15, 0.2) is 41.4 Å². The van der Waals surface area contributed by atoms with Gasteiger partial charge in [-0.15, -0.1) is 16.8 Å². The van der Waals surface area contributed by atoms with Crippen LogP contribution in [0.25, 0.3) is 11.4 Å². The molecule has 2 heterocycles. The van der Waals surface area contributed by atoms with E-state index in [1.54, 1.807) is 6.08 Å². The molecular formula is C24H32BrN5O2. The van der Waals surface area contributed by atoms with Crippen molar-refractivity contribution in [3.8, 4) is 11.4 Å². The molecule has 8 heteroatoms. The highest BCUT2D eigenvalue weighted by Crippen LogP contribution is 2.31. The molecule has 7 nitrogen and oxygen atoms in total. The quantitative estimate of drug-likeness (QED) is 0.497. The van der Waals surface area contributed by atoms with Gasteiger partial charge in [-0.05, 0) is 50.2 Å². The number of amides is 2. The number of halogens is 1. The zero-order chi connectivity index (χ0) is 23.3. The normalized spacial score (nSPS) is 17.8. The van der Waals surface area contributed by atoms with Crippen LogP contribution in [0.1, 0.15) is 57.8 Å². The average molecular weight is 502 g/mol. The fraction of sp³-hybridized carbons (Fsp3) is 0.500. The Labute approximate surface area is 198 Å². The lowest BCUT2D eigenvalue weighted by Crippen LogP contribution is -2.42. The van der Waals surface area contributed by atoms with Crippen molar-refractivity contribution in [2.75, 3.05) is 0 Å². The number of carbonyl (C=O) groups excluding carboxylic acids is 2. The number of allylic oxidation sites excluding steroid dienone is 1. The van der Waals surface area contributed by atoms with E-state index >= 15 is 0 Å². The maximum atomic E-state index is 13.4. The van der Waals surface area contributed by atoms with Gasteiger partial charge in [-0.1, -0.05) is 48.0 Å². The van der Waals surface area contributed by atoms with Crippen LogP contribution in [-0.2, 0) is 16.1 Å². The topological polar surface area (TPSA) is 103 Å².